The second-order valence-electron chi connectivity index (χ2n) is 4.52. The Labute approximate surface area is 110 Å². The van der Waals surface area contributed by atoms with E-state index in [9.17, 15) is 13.2 Å². The lowest BCUT2D eigenvalue weighted by molar-refractivity contribution is -0.137. The van der Waals surface area contributed by atoms with Crippen LogP contribution in [0.15, 0.2) is 30.5 Å². The Bertz CT molecular complexity index is 605. The van der Waals surface area contributed by atoms with E-state index in [4.69, 9.17) is 0 Å². The quantitative estimate of drug-likeness (QED) is 0.767. The minimum absolute atomic E-state index is 0.604. The van der Waals surface area contributed by atoms with Crippen LogP contribution in [-0.4, -0.2) is 4.98 Å². The number of benzene rings is 1. The summed E-state index contributed by atoms with van der Waals surface area (Å²) in [6.07, 6.45) is 1.27. The second-order valence-corrected chi connectivity index (χ2v) is 4.52. The molecule has 0 spiro atoms. The zero-order valence-electron chi connectivity index (χ0n) is 10.9. The Morgan fingerprint density at radius 1 is 1.32 bits per heavy atom. The van der Waals surface area contributed by atoms with Crippen molar-refractivity contribution < 1.29 is 13.2 Å². The summed E-state index contributed by atoms with van der Waals surface area (Å²) < 4.78 is 38.3. The van der Waals surface area contributed by atoms with E-state index in [1.54, 1.807) is 6.20 Å². The van der Waals surface area contributed by atoms with Crippen LogP contribution in [0.2, 0.25) is 0 Å². The maximum absolute atomic E-state index is 12.8. The van der Waals surface area contributed by atoms with Gasteiger partial charge in [0.25, 0.3) is 0 Å². The number of fused-ring (bicyclic) bond motifs is 1. The summed E-state index contributed by atoms with van der Waals surface area (Å²) in [5.41, 5.74) is 2.07. The SMILES string of the molecule is C/C=C(\CCC)c1c[nH]c2ccc(C(F)(F)F)cc12. The number of aromatic nitrogens is 1. The van der Waals surface area contributed by atoms with E-state index in [2.05, 4.69) is 11.9 Å². The Morgan fingerprint density at radius 3 is 2.63 bits per heavy atom. The third kappa shape index (κ3) is 2.67. The molecule has 1 nitrogen and oxygen atoms in total. The lowest BCUT2D eigenvalue weighted by Gasteiger charge is -2.08. The van der Waals surface area contributed by atoms with Crippen molar-refractivity contribution in [2.75, 3.05) is 0 Å². The molecule has 0 saturated carbocycles. The monoisotopic (exact) mass is 267 g/mol. The van der Waals surface area contributed by atoms with Gasteiger partial charge in [-0.2, -0.15) is 13.2 Å². The fourth-order valence-corrected chi connectivity index (χ4v) is 2.27. The molecule has 0 unspecified atom stereocenters. The van der Waals surface area contributed by atoms with Gasteiger partial charge in [0.05, 0.1) is 5.56 Å². The van der Waals surface area contributed by atoms with E-state index in [-0.39, 0.29) is 0 Å². The van der Waals surface area contributed by atoms with E-state index in [1.165, 1.54) is 12.1 Å². The number of hydrogen-bond donors (Lipinski definition) is 1. The lowest BCUT2D eigenvalue weighted by Crippen LogP contribution is -2.04. The van der Waals surface area contributed by atoms with Gasteiger partial charge in [0.1, 0.15) is 0 Å². The van der Waals surface area contributed by atoms with Crippen LogP contribution in [0.1, 0.15) is 37.8 Å². The Hall–Kier alpha value is -1.71. The molecule has 1 N–H and O–H groups in total. The van der Waals surface area contributed by atoms with Crippen LogP contribution in [0.25, 0.3) is 16.5 Å². The molecule has 102 valence electrons. The molecular formula is C15H16F3N. The number of hydrogen-bond acceptors (Lipinski definition) is 0. The van der Waals surface area contributed by atoms with Gasteiger partial charge in [-0.3, -0.25) is 0 Å². The fraction of sp³-hybridized carbons (Fsp3) is 0.333. The van der Waals surface area contributed by atoms with Crippen LogP contribution in [0.5, 0.6) is 0 Å². The normalized spacial score (nSPS) is 13.2. The molecule has 0 aliphatic rings. The first-order valence-corrected chi connectivity index (χ1v) is 6.31. The molecule has 1 heterocycles. The number of aromatic amines is 1. The molecule has 0 atom stereocenters. The Balaban J connectivity index is 2.57. The van der Waals surface area contributed by atoms with E-state index in [1.807, 2.05) is 13.0 Å². The standard InChI is InChI=1S/C15H16F3N/c1-3-5-10(4-2)13-9-19-14-7-6-11(8-12(13)14)15(16,17)18/h4,6-9,19H,3,5H2,1-2H3/b10-4+. The van der Waals surface area contributed by atoms with Crippen molar-refractivity contribution in [3.8, 4) is 0 Å². The summed E-state index contributed by atoms with van der Waals surface area (Å²) in [7, 11) is 0. The highest BCUT2D eigenvalue weighted by Crippen LogP contribution is 2.34. The highest BCUT2D eigenvalue weighted by atomic mass is 19.4. The van der Waals surface area contributed by atoms with Crippen molar-refractivity contribution >= 4 is 16.5 Å². The summed E-state index contributed by atoms with van der Waals surface area (Å²) >= 11 is 0. The Kier molecular flexibility index (Phi) is 3.69. The number of nitrogens with one attached hydrogen (secondary N) is 1. The van der Waals surface area contributed by atoms with Crippen LogP contribution in [0.4, 0.5) is 13.2 Å². The maximum Gasteiger partial charge on any atom is 0.416 e. The summed E-state index contributed by atoms with van der Waals surface area (Å²) in [6.45, 7) is 3.97. The van der Waals surface area contributed by atoms with Crippen molar-refractivity contribution in [2.24, 2.45) is 0 Å². The topological polar surface area (TPSA) is 15.8 Å². The molecule has 0 aliphatic carbocycles. The van der Waals surface area contributed by atoms with E-state index < -0.39 is 11.7 Å². The van der Waals surface area contributed by atoms with Gasteiger partial charge in [-0.05, 0) is 37.1 Å². The molecule has 0 saturated heterocycles. The van der Waals surface area contributed by atoms with Crippen LogP contribution in [-0.2, 0) is 6.18 Å². The average Bonchev–Trinajstić information content (AvgIpc) is 2.77. The van der Waals surface area contributed by atoms with E-state index >= 15 is 0 Å². The number of H-pyrrole nitrogens is 1. The van der Waals surface area contributed by atoms with Gasteiger partial charge in [0.2, 0.25) is 0 Å². The largest absolute Gasteiger partial charge is 0.416 e. The molecule has 1 aromatic heterocycles. The minimum Gasteiger partial charge on any atom is -0.361 e. The summed E-state index contributed by atoms with van der Waals surface area (Å²) in [5, 5.41) is 0.636. The molecule has 2 aromatic rings. The van der Waals surface area contributed by atoms with Crippen LogP contribution in [0, 0.1) is 0 Å². The first-order valence-electron chi connectivity index (χ1n) is 6.31. The van der Waals surface area contributed by atoms with Crippen LogP contribution in [0.3, 0.4) is 0 Å². The van der Waals surface area contributed by atoms with Gasteiger partial charge in [0, 0.05) is 22.7 Å². The molecule has 4 heteroatoms. The van der Waals surface area contributed by atoms with Crippen LogP contribution < -0.4 is 0 Å². The highest BCUT2D eigenvalue weighted by molar-refractivity contribution is 5.93. The van der Waals surface area contributed by atoms with Crippen molar-refractivity contribution in [2.45, 2.75) is 32.9 Å². The minimum atomic E-state index is -4.30. The number of allylic oxidation sites excluding steroid dienone is 2. The lowest BCUT2D eigenvalue weighted by atomic mass is 9.99. The molecule has 0 radical (unpaired) electrons. The average molecular weight is 267 g/mol. The predicted octanol–water partition coefficient (Wildman–Crippen LogP) is 5.39. The second kappa shape index (κ2) is 5.11. The van der Waals surface area contributed by atoms with Crippen LogP contribution >= 0.6 is 0 Å². The fourth-order valence-electron chi connectivity index (χ4n) is 2.27. The zero-order chi connectivity index (χ0) is 14.0. The van der Waals surface area contributed by atoms with Crippen molar-refractivity contribution in [3.63, 3.8) is 0 Å². The Morgan fingerprint density at radius 2 is 2.05 bits per heavy atom. The van der Waals surface area contributed by atoms with Gasteiger partial charge in [0.15, 0.2) is 0 Å². The summed E-state index contributed by atoms with van der Waals surface area (Å²) in [4.78, 5) is 3.03. The van der Waals surface area contributed by atoms with Gasteiger partial charge in [-0.25, -0.2) is 0 Å². The highest BCUT2D eigenvalue weighted by Gasteiger charge is 2.30. The molecule has 0 bridgehead atoms. The third-order valence-corrected chi connectivity index (χ3v) is 3.22. The van der Waals surface area contributed by atoms with Gasteiger partial charge >= 0.3 is 6.18 Å². The molecular weight excluding hydrogens is 251 g/mol. The molecule has 2 rings (SSSR count). The van der Waals surface area contributed by atoms with Crippen molar-refractivity contribution in [1.82, 2.24) is 4.98 Å². The van der Waals surface area contributed by atoms with Gasteiger partial charge in [-0.15, -0.1) is 0 Å². The van der Waals surface area contributed by atoms with Crippen molar-refractivity contribution in [1.29, 1.82) is 0 Å². The van der Waals surface area contributed by atoms with Crippen molar-refractivity contribution in [3.05, 3.63) is 41.6 Å². The number of halogens is 3. The number of alkyl halides is 3. The first-order chi connectivity index (χ1) is 8.97. The summed E-state index contributed by atoms with van der Waals surface area (Å²) in [6, 6.07) is 3.82. The van der Waals surface area contributed by atoms with E-state index in [0.29, 0.717) is 5.39 Å². The van der Waals surface area contributed by atoms with Gasteiger partial charge in [-0.1, -0.05) is 19.4 Å². The smallest absolute Gasteiger partial charge is 0.361 e. The molecule has 1 aromatic carbocycles. The van der Waals surface area contributed by atoms with Gasteiger partial charge < -0.3 is 4.98 Å². The van der Waals surface area contributed by atoms with E-state index in [0.717, 1.165) is 35.6 Å². The zero-order valence-corrected chi connectivity index (χ0v) is 10.9. The summed E-state index contributed by atoms with van der Waals surface area (Å²) in [5.74, 6) is 0. The first kappa shape index (κ1) is 13.7. The molecule has 0 aliphatic heterocycles. The molecule has 0 amide bonds. The predicted molar refractivity (Wildman–Crippen MR) is 71.9 cm³/mol. The molecule has 19 heavy (non-hydrogen) atoms. The third-order valence-electron chi connectivity index (χ3n) is 3.22. The maximum atomic E-state index is 12.8. The number of rotatable bonds is 3. The molecule has 0 fully saturated rings.